The number of nitrogens with zero attached hydrogens (tertiary/aromatic N) is 2. The highest BCUT2D eigenvalue weighted by Crippen LogP contribution is 2.05. The van der Waals surface area contributed by atoms with Gasteiger partial charge in [-0.15, -0.1) is 0 Å². The van der Waals surface area contributed by atoms with Crippen LogP contribution in [0.5, 0.6) is 0 Å². The molecule has 3 aromatic rings. The molecular formula is C17H15BrN2. The van der Waals surface area contributed by atoms with Gasteiger partial charge in [0, 0.05) is 24.5 Å². The van der Waals surface area contributed by atoms with E-state index in [0.717, 1.165) is 16.7 Å². The van der Waals surface area contributed by atoms with E-state index in [2.05, 4.69) is 50.2 Å². The molecule has 0 saturated heterocycles. The van der Waals surface area contributed by atoms with Gasteiger partial charge in [0.05, 0.1) is 0 Å². The first-order chi connectivity index (χ1) is 9.84. The van der Waals surface area contributed by atoms with Crippen molar-refractivity contribution in [1.29, 1.82) is 0 Å². The molecule has 0 atom stereocenters. The molecule has 0 aliphatic heterocycles. The summed E-state index contributed by atoms with van der Waals surface area (Å²) in [4.78, 5) is 8.17. The fourth-order valence-electron chi connectivity index (χ4n) is 1.65. The topological polar surface area (TPSA) is 25.8 Å². The second kappa shape index (κ2) is 8.23. The van der Waals surface area contributed by atoms with Crippen LogP contribution in [0.25, 0.3) is 0 Å². The van der Waals surface area contributed by atoms with E-state index in [0.29, 0.717) is 0 Å². The predicted octanol–water partition coefficient (Wildman–Crippen LogP) is 4.52. The Labute approximate surface area is 127 Å². The van der Waals surface area contributed by atoms with Crippen LogP contribution in [0, 0.1) is 0 Å². The minimum atomic E-state index is 0.884. The van der Waals surface area contributed by atoms with E-state index >= 15 is 0 Å². The summed E-state index contributed by atoms with van der Waals surface area (Å²) in [5, 5.41) is 0. The van der Waals surface area contributed by atoms with E-state index in [4.69, 9.17) is 0 Å². The Balaban J connectivity index is 0.000000178. The van der Waals surface area contributed by atoms with Crippen molar-refractivity contribution in [3.63, 3.8) is 0 Å². The van der Waals surface area contributed by atoms with Crippen LogP contribution in [-0.2, 0) is 6.42 Å². The van der Waals surface area contributed by atoms with Gasteiger partial charge in [-0.3, -0.25) is 4.98 Å². The Morgan fingerprint density at radius 2 is 1.35 bits per heavy atom. The van der Waals surface area contributed by atoms with Gasteiger partial charge in [0.15, 0.2) is 0 Å². The molecule has 100 valence electrons. The maximum atomic E-state index is 4.27. The van der Waals surface area contributed by atoms with Gasteiger partial charge in [0.2, 0.25) is 0 Å². The first-order valence-electron chi connectivity index (χ1n) is 6.35. The Bertz CT molecular complexity index is 560. The zero-order valence-electron chi connectivity index (χ0n) is 11.0. The van der Waals surface area contributed by atoms with Crippen molar-refractivity contribution in [3.8, 4) is 0 Å². The average Bonchev–Trinajstić information content (AvgIpc) is 2.51. The number of benzene rings is 1. The van der Waals surface area contributed by atoms with Crippen LogP contribution >= 0.6 is 15.9 Å². The molecule has 2 aromatic heterocycles. The normalized spacial score (nSPS) is 9.45. The largest absolute Gasteiger partial charge is 0.261 e. The number of hydrogen-bond acceptors (Lipinski definition) is 2. The molecule has 0 unspecified atom stereocenters. The molecule has 2 heterocycles. The summed E-state index contributed by atoms with van der Waals surface area (Å²) in [6.07, 6.45) is 4.49. The van der Waals surface area contributed by atoms with Crippen molar-refractivity contribution >= 4 is 15.9 Å². The summed E-state index contributed by atoms with van der Waals surface area (Å²) >= 11 is 3.20. The van der Waals surface area contributed by atoms with Crippen molar-refractivity contribution in [2.24, 2.45) is 0 Å². The number of hydrogen-bond donors (Lipinski definition) is 0. The average molecular weight is 327 g/mol. The van der Waals surface area contributed by atoms with Gasteiger partial charge in [0.1, 0.15) is 4.60 Å². The minimum absolute atomic E-state index is 0.884. The molecule has 2 nitrogen and oxygen atoms in total. The lowest BCUT2D eigenvalue weighted by atomic mass is 10.1. The Hall–Kier alpha value is -2.00. The highest BCUT2D eigenvalue weighted by molar-refractivity contribution is 9.10. The molecule has 3 rings (SSSR count). The third kappa shape index (κ3) is 5.33. The van der Waals surface area contributed by atoms with Gasteiger partial charge in [-0.1, -0.05) is 42.5 Å². The SMILES string of the molecule is Brc1ccccn1.c1ccc(Cc2ccccn2)cc1. The lowest BCUT2D eigenvalue weighted by molar-refractivity contribution is 1.07. The molecule has 20 heavy (non-hydrogen) atoms. The third-order valence-corrected chi connectivity index (χ3v) is 3.05. The maximum absolute atomic E-state index is 4.27. The lowest BCUT2D eigenvalue weighted by Gasteiger charge is -1.99. The number of aromatic nitrogens is 2. The molecule has 0 amide bonds. The van der Waals surface area contributed by atoms with Gasteiger partial charge in [-0.25, -0.2) is 4.98 Å². The van der Waals surface area contributed by atoms with Gasteiger partial charge in [0.25, 0.3) is 0 Å². The summed E-state index contributed by atoms with van der Waals surface area (Å²) in [6.45, 7) is 0. The molecule has 1 aromatic carbocycles. The molecule has 3 heteroatoms. The maximum Gasteiger partial charge on any atom is 0.106 e. The van der Waals surface area contributed by atoms with E-state index in [1.54, 1.807) is 6.20 Å². The molecule has 0 aliphatic carbocycles. The molecule has 0 radical (unpaired) electrons. The first-order valence-corrected chi connectivity index (χ1v) is 7.14. The fraction of sp³-hybridized carbons (Fsp3) is 0.0588. The highest BCUT2D eigenvalue weighted by atomic mass is 79.9. The third-order valence-electron chi connectivity index (χ3n) is 2.58. The van der Waals surface area contributed by atoms with Crippen LogP contribution in [0.3, 0.4) is 0 Å². The van der Waals surface area contributed by atoms with E-state index in [1.165, 1.54) is 5.56 Å². The van der Waals surface area contributed by atoms with Crippen LogP contribution in [0.4, 0.5) is 0 Å². The zero-order valence-corrected chi connectivity index (χ0v) is 12.6. The monoisotopic (exact) mass is 326 g/mol. The van der Waals surface area contributed by atoms with Gasteiger partial charge >= 0.3 is 0 Å². The fourth-order valence-corrected chi connectivity index (χ4v) is 1.92. The number of rotatable bonds is 2. The predicted molar refractivity (Wildman–Crippen MR) is 85.4 cm³/mol. The number of halogens is 1. The van der Waals surface area contributed by atoms with E-state index in [-0.39, 0.29) is 0 Å². The molecule has 0 N–H and O–H groups in total. The molecule has 0 bridgehead atoms. The van der Waals surface area contributed by atoms with Crippen LogP contribution in [0.15, 0.2) is 83.7 Å². The van der Waals surface area contributed by atoms with Crippen molar-refractivity contribution < 1.29 is 0 Å². The molecule has 0 fully saturated rings. The van der Waals surface area contributed by atoms with Gasteiger partial charge in [-0.05, 0) is 45.8 Å². The second-order valence-corrected chi connectivity index (χ2v) is 4.95. The Morgan fingerprint density at radius 1 is 0.700 bits per heavy atom. The van der Waals surface area contributed by atoms with Crippen LogP contribution < -0.4 is 0 Å². The van der Waals surface area contributed by atoms with Crippen molar-refractivity contribution in [2.75, 3.05) is 0 Å². The molecule has 0 saturated carbocycles. The molecule has 0 aliphatic rings. The Kier molecular flexibility index (Phi) is 5.93. The summed E-state index contributed by atoms with van der Waals surface area (Å²) < 4.78 is 0.884. The smallest absolute Gasteiger partial charge is 0.106 e. The van der Waals surface area contributed by atoms with E-state index in [9.17, 15) is 0 Å². The first kappa shape index (κ1) is 14.4. The summed E-state index contributed by atoms with van der Waals surface area (Å²) in [7, 11) is 0. The number of pyridine rings is 2. The van der Waals surface area contributed by atoms with Crippen LogP contribution in [0.1, 0.15) is 11.3 Å². The Morgan fingerprint density at radius 3 is 1.85 bits per heavy atom. The minimum Gasteiger partial charge on any atom is -0.261 e. The van der Waals surface area contributed by atoms with Crippen LogP contribution in [-0.4, -0.2) is 9.97 Å². The van der Waals surface area contributed by atoms with Crippen LogP contribution in [0.2, 0.25) is 0 Å². The quantitative estimate of drug-likeness (QED) is 0.647. The van der Waals surface area contributed by atoms with Crippen molar-refractivity contribution in [2.45, 2.75) is 6.42 Å². The van der Waals surface area contributed by atoms with Crippen molar-refractivity contribution in [3.05, 3.63) is 95.0 Å². The zero-order chi connectivity index (χ0) is 14.0. The lowest BCUT2D eigenvalue weighted by Crippen LogP contribution is -1.89. The van der Waals surface area contributed by atoms with Gasteiger partial charge in [-0.2, -0.15) is 0 Å². The standard InChI is InChI=1S/C12H11N.C5H4BrN/c1-2-6-11(7-3-1)10-12-8-4-5-9-13-12;6-5-3-1-2-4-7-5/h1-9H,10H2;1-4H. The van der Waals surface area contributed by atoms with Crippen molar-refractivity contribution in [1.82, 2.24) is 9.97 Å². The molecular weight excluding hydrogens is 312 g/mol. The summed E-state index contributed by atoms with van der Waals surface area (Å²) in [6, 6.07) is 22.1. The second-order valence-electron chi connectivity index (χ2n) is 4.14. The van der Waals surface area contributed by atoms with E-state index in [1.807, 2.05) is 48.7 Å². The van der Waals surface area contributed by atoms with Gasteiger partial charge < -0.3 is 0 Å². The molecule has 0 spiro atoms. The summed E-state index contributed by atoms with van der Waals surface area (Å²) in [5.41, 5.74) is 2.43. The highest BCUT2D eigenvalue weighted by Gasteiger charge is 1.94. The summed E-state index contributed by atoms with van der Waals surface area (Å²) in [5.74, 6) is 0. The van der Waals surface area contributed by atoms with E-state index < -0.39 is 0 Å².